The minimum Gasteiger partial charge on any atom is -0.374 e. The summed E-state index contributed by atoms with van der Waals surface area (Å²) in [5, 5.41) is 0. The molecule has 0 bridgehead atoms. The number of alkyl halides is 3. The van der Waals surface area contributed by atoms with Gasteiger partial charge in [0.05, 0.1) is 24.7 Å². The molecule has 4 atom stereocenters. The molecule has 6 heteroatoms. The summed E-state index contributed by atoms with van der Waals surface area (Å²) in [7, 11) is 0. The van der Waals surface area contributed by atoms with E-state index in [0.717, 1.165) is 25.7 Å². The molecule has 0 aromatic heterocycles. The van der Waals surface area contributed by atoms with E-state index in [-0.39, 0.29) is 30.9 Å². The highest BCUT2D eigenvalue weighted by Gasteiger charge is 2.46. The van der Waals surface area contributed by atoms with Gasteiger partial charge < -0.3 is 9.64 Å². The zero-order valence-electron chi connectivity index (χ0n) is 12.8. The highest BCUT2D eigenvalue weighted by Crippen LogP contribution is 2.41. The second-order valence-corrected chi connectivity index (χ2v) is 6.89. The lowest BCUT2D eigenvalue weighted by molar-refractivity contribution is -0.189. The Kier molecular flexibility index (Phi) is 4.67. The minimum atomic E-state index is -4.17. The van der Waals surface area contributed by atoms with E-state index in [1.807, 2.05) is 4.90 Å². The Morgan fingerprint density at radius 2 is 1.82 bits per heavy atom. The fourth-order valence-corrected chi connectivity index (χ4v) is 4.32. The van der Waals surface area contributed by atoms with Crippen LogP contribution in [0.1, 0.15) is 51.4 Å². The maximum absolute atomic E-state index is 12.9. The first kappa shape index (κ1) is 16.1. The number of hydrogen-bond acceptors (Lipinski definition) is 2. The monoisotopic (exact) mass is 319 g/mol. The van der Waals surface area contributed by atoms with Crippen LogP contribution in [0.15, 0.2) is 0 Å². The van der Waals surface area contributed by atoms with Crippen molar-refractivity contribution in [1.29, 1.82) is 0 Å². The van der Waals surface area contributed by atoms with Gasteiger partial charge in [0.2, 0.25) is 5.91 Å². The SMILES string of the molecule is O=C([C@@H]1CCC[C@H](C(F)(F)F)C1)N1CCO[C@@H]2CCCC[C@H]21. The van der Waals surface area contributed by atoms with Crippen molar-refractivity contribution in [3.05, 3.63) is 0 Å². The third-order valence-electron chi connectivity index (χ3n) is 5.50. The molecule has 2 saturated carbocycles. The van der Waals surface area contributed by atoms with E-state index >= 15 is 0 Å². The third-order valence-corrected chi connectivity index (χ3v) is 5.50. The van der Waals surface area contributed by atoms with E-state index in [9.17, 15) is 18.0 Å². The summed E-state index contributed by atoms with van der Waals surface area (Å²) in [5.74, 6) is -1.83. The molecule has 3 rings (SSSR count). The second-order valence-electron chi connectivity index (χ2n) is 6.89. The van der Waals surface area contributed by atoms with Gasteiger partial charge in [-0.3, -0.25) is 4.79 Å². The summed E-state index contributed by atoms with van der Waals surface area (Å²) < 4.78 is 44.6. The van der Waals surface area contributed by atoms with Gasteiger partial charge in [-0.25, -0.2) is 0 Å². The lowest BCUT2D eigenvalue weighted by Crippen LogP contribution is -2.56. The fourth-order valence-electron chi connectivity index (χ4n) is 4.32. The van der Waals surface area contributed by atoms with Crippen LogP contribution in [0.4, 0.5) is 13.2 Å². The summed E-state index contributed by atoms with van der Waals surface area (Å²) >= 11 is 0. The lowest BCUT2D eigenvalue weighted by Gasteiger charge is -2.45. The van der Waals surface area contributed by atoms with Crippen LogP contribution in [-0.4, -0.2) is 42.3 Å². The maximum atomic E-state index is 12.9. The molecule has 0 unspecified atom stereocenters. The van der Waals surface area contributed by atoms with E-state index in [2.05, 4.69) is 0 Å². The van der Waals surface area contributed by atoms with Crippen LogP contribution < -0.4 is 0 Å². The van der Waals surface area contributed by atoms with Crippen molar-refractivity contribution in [2.24, 2.45) is 11.8 Å². The Hall–Kier alpha value is -0.780. The number of fused-ring (bicyclic) bond motifs is 1. The molecule has 0 aromatic rings. The van der Waals surface area contributed by atoms with Gasteiger partial charge in [0.15, 0.2) is 0 Å². The highest BCUT2D eigenvalue weighted by molar-refractivity contribution is 5.79. The normalized spacial score (nSPS) is 36.8. The van der Waals surface area contributed by atoms with Crippen molar-refractivity contribution < 1.29 is 22.7 Å². The predicted molar refractivity (Wildman–Crippen MR) is 75.2 cm³/mol. The number of nitrogens with zero attached hydrogens (tertiary/aromatic N) is 1. The van der Waals surface area contributed by atoms with Gasteiger partial charge in [-0.1, -0.05) is 19.3 Å². The molecule has 126 valence electrons. The molecule has 0 N–H and O–H groups in total. The molecule has 22 heavy (non-hydrogen) atoms. The first-order valence-corrected chi connectivity index (χ1v) is 8.45. The van der Waals surface area contributed by atoms with E-state index in [1.54, 1.807) is 0 Å². The third kappa shape index (κ3) is 3.26. The van der Waals surface area contributed by atoms with E-state index < -0.39 is 18.0 Å². The van der Waals surface area contributed by atoms with E-state index in [1.165, 1.54) is 0 Å². The lowest BCUT2D eigenvalue weighted by atomic mass is 9.79. The first-order chi connectivity index (χ1) is 10.5. The minimum absolute atomic E-state index is 0.0307. The molecule has 2 aliphatic carbocycles. The van der Waals surface area contributed by atoms with Crippen molar-refractivity contribution in [3.63, 3.8) is 0 Å². The van der Waals surface area contributed by atoms with E-state index in [4.69, 9.17) is 4.74 Å². The molecule has 3 fully saturated rings. The number of morpholine rings is 1. The van der Waals surface area contributed by atoms with Gasteiger partial charge in [-0.15, -0.1) is 0 Å². The van der Waals surface area contributed by atoms with Crippen LogP contribution in [0.25, 0.3) is 0 Å². The van der Waals surface area contributed by atoms with Crippen molar-refractivity contribution in [3.8, 4) is 0 Å². The number of carbonyl (C=O) groups is 1. The summed E-state index contributed by atoms with van der Waals surface area (Å²) in [6.07, 6.45) is 1.23. The Morgan fingerprint density at radius 3 is 2.59 bits per heavy atom. The largest absolute Gasteiger partial charge is 0.391 e. The van der Waals surface area contributed by atoms with Crippen molar-refractivity contribution in [2.75, 3.05) is 13.2 Å². The molecule has 0 aromatic carbocycles. The molecular weight excluding hydrogens is 295 g/mol. The summed E-state index contributed by atoms with van der Waals surface area (Å²) in [6, 6.07) is 0.0845. The summed E-state index contributed by atoms with van der Waals surface area (Å²) in [5.41, 5.74) is 0. The second kappa shape index (κ2) is 6.38. The number of rotatable bonds is 1. The van der Waals surface area contributed by atoms with Gasteiger partial charge in [0, 0.05) is 12.5 Å². The van der Waals surface area contributed by atoms with Gasteiger partial charge in [0.25, 0.3) is 0 Å². The standard InChI is InChI=1S/C16H24F3NO2/c17-16(18,19)12-5-3-4-11(10-12)15(21)20-8-9-22-14-7-2-1-6-13(14)20/h11-14H,1-10H2/t11-,12+,13-,14-/m1/s1. The molecule has 3 nitrogen and oxygen atoms in total. The molecule has 1 aliphatic heterocycles. The van der Waals surface area contributed by atoms with E-state index in [0.29, 0.717) is 26.0 Å². The average molecular weight is 319 g/mol. The molecule has 1 heterocycles. The number of carbonyl (C=O) groups excluding carboxylic acids is 1. The number of amides is 1. The highest BCUT2D eigenvalue weighted by atomic mass is 19.4. The summed E-state index contributed by atoms with van der Waals surface area (Å²) in [6.45, 7) is 1.05. The van der Waals surface area contributed by atoms with Crippen molar-refractivity contribution in [2.45, 2.75) is 69.7 Å². The molecule has 0 spiro atoms. The van der Waals surface area contributed by atoms with Crippen LogP contribution in [0.3, 0.4) is 0 Å². The smallest absolute Gasteiger partial charge is 0.374 e. The number of halogens is 3. The number of ether oxygens (including phenoxy) is 1. The molecule has 1 saturated heterocycles. The Morgan fingerprint density at radius 1 is 1.05 bits per heavy atom. The van der Waals surface area contributed by atoms with Gasteiger partial charge >= 0.3 is 6.18 Å². The zero-order chi connectivity index (χ0) is 15.7. The Bertz CT molecular complexity index is 411. The molecule has 0 radical (unpaired) electrons. The first-order valence-electron chi connectivity index (χ1n) is 8.45. The van der Waals surface area contributed by atoms with Gasteiger partial charge in [-0.2, -0.15) is 13.2 Å². The van der Waals surface area contributed by atoms with Gasteiger partial charge in [0.1, 0.15) is 0 Å². The predicted octanol–water partition coefficient (Wildman–Crippen LogP) is 3.53. The maximum Gasteiger partial charge on any atom is 0.391 e. The van der Waals surface area contributed by atoms with Crippen molar-refractivity contribution >= 4 is 5.91 Å². The zero-order valence-corrected chi connectivity index (χ0v) is 12.8. The van der Waals surface area contributed by atoms with Crippen LogP contribution in [0.5, 0.6) is 0 Å². The van der Waals surface area contributed by atoms with Crippen molar-refractivity contribution in [1.82, 2.24) is 4.90 Å². The topological polar surface area (TPSA) is 29.5 Å². The molecular formula is C16H24F3NO2. The van der Waals surface area contributed by atoms with Crippen LogP contribution in [-0.2, 0) is 9.53 Å². The Balaban J connectivity index is 1.67. The van der Waals surface area contributed by atoms with Crippen LogP contribution >= 0.6 is 0 Å². The van der Waals surface area contributed by atoms with Crippen LogP contribution in [0.2, 0.25) is 0 Å². The quantitative estimate of drug-likeness (QED) is 0.740. The Labute approximate surface area is 129 Å². The van der Waals surface area contributed by atoms with Gasteiger partial charge in [-0.05, 0) is 32.1 Å². The molecule has 1 amide bonds. The fraction of sp³-hybridized carbons (Fsp3) is 0.938. The summed E-state index contributed by atoms with van der Waals surface area (Å²) in [4.78, 5) is 14.6. The molecule has 3 aliphatic rings. The van der Waals surface area contributed by atoms with Crippen LogP contribution in [0, 0.1) is 11.8 Å². The average Bonchev–Trinajstić information content (AvgIpc) is 2.53. The number of hydrogen-bond donors (Lipinski definition) is 0.